The molecule has 0 aliphatic carbocycles. The highest BCUT2D eigenvalue weighted by Crippen LogP contribution is 2.25. The van der Waals surface area contributed by atoms with Gasteiger partial charge in [0.25, 0.3) is 5.91 Å². The first-order chi connectivity index (χ1) is 15.0. The molecule has 0 radical (unpaired) electrons. The Bertz CT molecular complexity index is 1040. The van der Waals surface area contributed by atoms with Gasteiger partial charge in [0.1, 0.15) is 18.0 Å². The van der Waals surface area contributed by atoms with Gasteiger partial charge in [0.2, 0.25) is 5.91 Å². The number of anilines is 1. The summed E-state index contributed by atoms with van der Waals surface area (Å²) in [5.41, 5.74) is 0.862. The van der Waals surface area contributed by atoms with Gasteiger partial charge >= 0.3 is 0 Å². The van der Waals surface area contributed by atoms with Crippen LogP contribution < -0.4 is 10.1 Å². The lowest BCUT2D eigenvalue weighted by molar-refractivity contribution is -0.116. The molecular formula is C23H21Cl2N3O3. The molecule has 0 atom stereocenters. The first-order valence-corrected chi connectivity index (χ1v) is 10.4. The third-order valence-electron chi connectivity index (χ3n) is 4.29. The van der Waals surface area contributed by atoms with E-state index in [2.05, 4.69) is 10.3 Å². The molecule has 0 saturated heterocycles. The van der Waals surface area contributed by atoms with Crippen LogP contribution >= 0.6 is 23.2 Å². The van der Waals surface area contributed by atoms with Crippen molar-refractivity contribution in [3.05, 3.63) is 82.6 Å². The molecule has 6 nitrogen and oxygen atoms in total. The highest BCUT2D eigenvalue weighted by Gasteiger charge is 2.19. The third-order valence-corrected chi connectivity index (χ3v) is 4.85. The number of hydrogen-bond donors (Lipinski definition) is 1. The van der Waals surface area contributed by atoms with Crippen molar-refractivity contribution in [2.45, 2.75) is 13.3 Å². The maximum absolute atomic E-state index is 13.0. The Morgan fingerprint density at radius 3 is 2.52 bits per heavy atom. The van der Waals surface area contributed by atoms with Crippen molar-refractivity contribution >= 4 is 40.7 Å². The maximum Gasteiger partial charge on any atom is 0.254 e. The smallest absolute Gasteiger partial charge is 0.254 e. The van der Waals surface area contributed by atoms with Crippen LogP contribution in [0, 0.1) is 0 Å². The van der Waals surface area contributed by atoms with E-state index in [9.17, 15) is 9.59 Å². The van der Waals surface area contributed by atoms with E-state index < -0.39 is 0 Å². The summed E-state index contributed by atoms with van der Waals surface area (Å²) >= 11 is 12.1. The zero-order valence-corrected chi connectivity index (χ0v) is 18.4. The molecule has 0 aliphatic rings. The molecule has 0 bridgehead atoms. The molecule has 0 fully saturated rings. The Hall–Kier alpha value is -3.09. The molecule has 1 N–H and O–H groups in total. The molecule has 0 unspecified atom stereocenters. The van der Waals surface area contributed by atoms with Crippen molar-refractivity contribution in [3.8, 4) is 11.5 Å². The predicted octanol–water partition coefficient (Wildman–Crippen LogP) is 5.67. The van der Waals surface area contributed by atoms with Crippen LogP contribution in [0.3, 0.4) is 0 Å². The molecule has 2 aromatic carbocycles. The summed E-state index contributed by atoms with van der Waals surface area (Å²) in [7, 11) is 0. The van der Waals surface area contributed by atoms with Crippen LogP contribution in [0.4, 0.5) is 5.69 Å². The number of hydrogen-bond acceptors (Lipinski definition) is 4. The molecule has 0 saturated carbocycles. The molecule has 3 aromatic rings. The van der Waals surface area contributed by atoms with Gasteiger partial charge in [-0.05, 0) is 61.0 Å². The van der Waals surface area contributed by atoms with Gasteiger partial charge in [-0.25, -0.2) is 0 Å². The fraction of sp³-hybridized carbons (Fsp3) is 0.174. The number of benzene rings is 2. The molecule has 0 aliphatic heterocycles. The van der Waals surface area contributed by atoms with E-state index in [0.717, 1.165) is 0 Å². The van der Waals surface area contributed by atoms with Gasteiger partial charge in [0.15, 0.2) is 0 Å². The second kappa shape index (κ2) is 10.8. The normalized spacial score (nSPS) is 10.4. The maximum atomic E-state index is 13.0. The zero-order valence-electron chi connectivity index (χ0n) is 16.8. The molecule has 3 rings (SSSR count). The number of rotatable bonds is 8. The number of nitrogens with zero attached hydrogens (tertiary/aromatic N) is 2. The van der Waals surface area contributed by atoms with Crippen molar-refractivity contribution < 1.29 is 14.3 Å². The van der Waals surface area contributed by atoms with Crippen molar-refractivity contribution in [2.24, 2.45) is 0 Å². The lowest BCUT2D eigenvalue weighted by Crippen LogP contribution is -2.38. The minimum Gasteiger partial charge on any atom is -0.456 e. The Balaban J connectivity index is 1.66. The molecule has 1 aromatic heterocycles. The summed E-state index contributed by atoms with van der Waals surface area (Å²) in [5.74, 6) is 0.579. The van der Waals surface area contributed by atoms with Gasteiger partial charge < -0.3 is 15.0 Å². The number of ether oxygens (including phenoxy) is 1. The minimum absolute atomic E-state index is 0.108. The molecule has 0 spiro atoms. The summed E-state index contributed by atoms with van der Waals surface area (Å²) < 4.78 is 5.70. The monoisotopic (exact) mass is 457 g/mol. The predicted molar refractivity (Wildman–Crippen MR) is 122 cm³/mol. The molecular weight excluding hydrogens is 437 g/mol. The number of carbonyl (C=O) groups excluding carboxylic acids is 2. The number of amides is 2. The van der Waals surface area contributed by atoms with Crippen LogP contribution in [0.5, 0.6) is 11.5 Å². The fourth-order valence-electron chi connectivity index (χ4n) is 2.87. The van der Waals surface area contributed by atoms with Crippen molar-refractivity contribution in [1.29, 1.82) is 0 Å². The largest absolute Gasteiger partial charge is 0.456 e. The second-order valence-corrected chi connectivity index (χ2v) is 7.56. The van der Waals surface area contributed by atoms with E-state index in [0.29, 0.717) is 45.8 Å². The zero-order chi connectivity index (χ0) is 22.2. The van der Waals surface area contributed by atoms with Crippen molar-refractivity contribution in [1.82, 2.24) is 9.88 Å². The summed E-state index contributed by atoms with van der Waals surface area (Å²) in [5, 5.41) is 3.53. The van der Waals surface area contributed by atoms with Crippen LogP contribution in [-0.2, 0) is 4.79 Å². The van der Waals surface area contributed by atoms with E-state index in [-0.39, 0.29) is 18.4 Å². The summed E-state index contributed by atoms with van der Waals surface area (Å²) in [4.78, 5) is 31.0. The number of nitrogens with one attached hydrogen (secondary N) is 1. The van der Waals surface area contributed by atoms with Gasteiger partial charge in [0.05, 0.1) is 16.9 Å². The van der Waals surface area contributed by atoms with Crippen molar-refractivity contribution in [2.75, 3.05) is 18.4 Å². The first kappa shape index (κ1) is 22.6. The summed E-state index contributed by atoms with van der Waals surface area (Å²) in [6.07, 6.45) is 3.97. The summed E-state index contributed by atoms with van der Waals surface area (Å²) in [6, 6.07) is 15.1. The first-order valence-electron chi connectivity index (χ1n) is 9.68. The van der Waals surface area contributed by atoms with Gasteiger partial charge in [-0.15, -0.1) is 0 Å². The fourth-order valence-corrected chi connectivity index (χ4v) is 3.21. The van der Waals surface area contributed by atoms with Crippen LogP contribution in [0.15, 0.2) is 67.0 Å². The Morgan fingerprint density at radius 1 is 1.06 bits per heavy atom. The van der Waals surface area contributed by atoms with Crippen LogP contribution in [0.2, 0.25) is 10.0 Å². The highest BCUT2D eigenvalue weighted by molar-refractivity contribution is 6.35. The van der Waals surface area contributed by atoms with E-state index in [1.807, 2.05) is 6.92 Å². The average molecular weight is 458 g/mol. The van der Waals surface area contributed by atoms with E-state index in [1.165, 1.54) is 4.90 Å². The van der Waals surface area contributed by atoms with Crippen LogP contribution in [0.25, 0.3) is 0 Å². The molecule has 2 amide bonds. The minimum atomic E-state index is -0.359. The second-order valence-electron chi connectivity index (χ2n) is 6.71. The molecule has 160 valence electrons. The third kappa shape index (κ3) is 6.44. The number of aromatic nitrogens is 1. The highest BCUT2D eigenvalue weighted by atomic mass is 35.5. The Morgan fingerprint density at radius 2 is 1.84 bits per heavy atom. The SMILES string of the molecule is CCCN(CC(=O)Nc1cc(Cl)ccc1Cl)C(=O)c1ccc(Oc2cccnc2)cc1. The Kier molecular flexibility index (Phi) is 7.87. The van der Waals surface area contributed by atoms with Gasteiger partial charge in [-0.1, -0.05) is 30.1 Å². The average Bonchev–Trinajstić information content (AvgIpc) is 2.77. The standard InChI is InChI=1S/C23H21Cl2N3O3/c1-2-12-28(15-22(29)27-21-13-17(24)7-10-20(21)25)23(30)16-5-8-18(9-6-16)31-19-4-3-11-26-14-19/h3-11,13-14H,2,12,15H2,1H3,(H,27,29). The van der Waals surface area contributed by atoms with Crippen LogP contribution in [0.1, 0.15) is 23.7 Å². The van der Waals surface area contributed by atoms with E-state index in [4.69, 9.17) is 27.9 Å². The topological polar surface area (TPSA) is 71.5 Å². The quantitative estimate of drug-likeness (QED) is 0.472. The Labute approximate surface area is 190 Å². The number of carbonyl (C=O) groups is 2. The lowest BCUT2D eigenvalue weighted by Gasteiger charge is -2.22. The number of pyridine rings is 1. The molecule has 8 heteroatoms. The van der Waals surface area contributed by atoms with Gasteiger partial charge in [0, 0.05) is 23.3 Å². The van der Waals surface area contributed by atoms with Crippen LogP contribution in [-0.4, -0.2) is 34.8 Å². The molecule has 31 heavy (non-hydrogen) atoms. The van der Waals surface area contributed by atoms with E-state index in [1.54, 1.807) is 67.0 Å². The van der Waals surface area contributed by atoms with Crippen molar-refractivity contribution in [3.63, 3.8) is 0 Å². The van der Waals surface area contributed by atoms with E-state index >= 15 is 0 Å². The van der Waals surface area contributed by atoms with Gasteiger partial charge in [-0.3, -0.25) is 14.6 Å². The summed E-state index contributed by atoms with van der Waals surface area (Å²) in [6.45, 7) is 2.27. The molecule has 1 heterocycles. The lowest BCUT2D eigenvalue weighted by atomic mass is 10.2. The number of halogens is 2. The van der Waals surface area contributed by atoms with Gasteiger partial charge in [-0.2, -0.15) is 0 Å².